The average molecular weight is 332 g/mol. The first-order valence-corrected chi connectivity index (χ1v) is 7.78. The van der Waals surface area contributed by atoms with Crippen LogP contribution in [0.3, 0.4) is 0 Å². The molecule has 3 rings (SSSR count). The lowest BCUT2D eigenvalue weighted by atomic mass is 10.1. The van der Waals surface area contributed by atoms with E-state index in [1.807, 2.05) is 36.4 Å². The molecular weight excluding hydrogens is 317 g/mol. The van der Waals surface area contributed by atoms with Crippen molar-refractivity contribution in [3.63, 3.8) is 0 Å². The van der Waals surface area contributed by atoms with E-state index in [1.165, 1.54) is 5.56 Å². The Bertz CT molecular complexity index is 805. The molecule has 0 amide bonds. The second-order valence-electron chi connectivity index (χ2n) is 5.26. The van der Waals surface area contributed by atoms with Gasteiger partial charge in [0.1, 0.15) is 12.1 Å². The van der Waals surface area contributed by atoms with Gasteiger partial charge in [-0.05, 0) is 49.2 Å². The first-order chi connectivity index (χ1) is 10.6. The molecule has 2 aromatic carbocycles. The van der Waals surface area contributed by atoms with Crippen LogP contribution in [0.1, 0.15) is 12.5 Å². The Balaban J connectivity index is 1.80. The van der Waals surface area contributed by atoms with Gasteiger partial charge < -0.3 is 5.32 Å². The van der Waals surface area contributed by atoms with E-state index in [2.05, 4.69) is 28.3 Å². The molecule has 0 aliphatic heterocycles. The summed E-state index contributed by atoms with van der Waals surface area (Å²) in [5.41, 5.74) is 2.02. The molecule has 3 aromatic rings. The Morgan fingerprint density at radius 1 is 1.05 bits per heavy atom. The number of rotatable bonds is 4. The van der Waals surface area contributed by atoms with E-state index in [0.29, 0.717) is 5.02 Å². The molecule has 0 radical (unpaired) electrons. The zero-order valence-corrected chi connectivity index (χ0v) is 13.6. The molecule has 1 atom stereocenters. The van der Waals surface area contributed by atoms with Crippen molar-refractivity contribution in [2.45, 2.75) is 19.4 Å². The maximum atomic E-state index is 6.03. The molecule has 0 saturated heterocycles. The van der Waals surface area contributed by atoms with E-state index in [0.717, 1.165) is 28.2 Å². The number of aromatic nitrogens is 2. The lowest BCUT2D eigenvalue weighted by Gasteiger charge is -2.16. The third kappa shape index (κ3) is 3.49. The predicted molar refractivity (Wildman–Crippen MR) is 92.8 cm³/mol. The minimum absolute atomic E-state index is 0.215. The zero-order valence-electron chi connectivity index (χ0n) is 12.1. The molecule has 0 fully saturated rings. The van der Waals surface area contributed by atoms with Crippen LogP contribution >= 0.6 is 23.2 Å². The lowest BCUT2D eigenvalue weighted by Crippen LogP contribution is -2.19. The molecule has 0 aliphatic carbocycles. The molecule has 0 bridgehead atoms. The van der Waals surface area contributed by atoms with E-state index in [4.69, 9.17) is 23.2 Å². The van der Waals surface area contributed by atoms with Gasteiger partial charge in [0.15, 0.2) is 0 Å². The first kappa shape index (κ1) is 15.1. The molecule has 0 saturated carbocycles. The highest BCUT2D eigenvalue weighted by molar-refractivity contribution is 6.31. The largest absolute Gasteiger partial charge is 0.367 e. The molecular formula is C17H15Cl2N3. The van der Waals surface area contributed by atoms with Crippen LogP contribution < -0.4 is 5.32 Å². The smallest absolute Gasteiger partial charge is 0.137 e. The topological polar surface area (TPSA) is 37.8 Å². The van der Waals surface area contributed by atoms with Crippen LogP contribution in [-0.2, 0) is 6.42 Å². The molecule has 1 unspecified atom stereocenters. The zero-order chi connectivity index (χ0) is 15.5. The third-order valence-corrected chi connectivity index (χ3v) is 3.88. The van der Waals surface area contributed by atoms with Crippen LogP contribution in [0, 0.1) is 0 Å². The standard InChI is InChI=1S/C17H15Cl2N3/c1-11(7-12-3-2-4-13(18)8-12)22-17-15-6-5-14(19)9-16(15)20-10-21-17/h2-6,8-11H,7H2,1H3,(H,20,21,22). The molecule has 3 nitrogen and oxygen atoms in total. The summed E-state index contributed by atoms with van der Waals surface area (Å²) in [6.45, 7) is 2.12. The van der Waals surface area contributed by atoms with Crippen molar-refractivity contribution in [1.29, 1.82) is 0 Å². The Hall–Kier alpha value is -1.84. The molecule has 5 heteroatoms. The fourth-order valence-electron chi connectivity index (χ4n) is 2.45. The summed E-state index contributed by atoms with van der Waals surface area (Å²) in [7, 11) is 0. The Kier molecular flexibility index (Phi) is 4.46. The summed E-state index contributed by atoms with van der Waals surface area (Å²) in [6, 6.07) is 13.7. The maximum Gasteiger partial charge on any atom is 0.137 e. The number of hydrogen-bond acceptors (Lipinski definition) is 3. The minimum Gasteiger partial charge on any atom is -0.367 e. The summed E-state index contributed by atoms with van der Waals surface area (Å²) in [6.07, 6.45) is 2.41. The fraction of sp³-hybridized carbons (Fsp3) is 0.176. The first-order valence-electron chi connectivity index (χ1n) is 7.03. The summed E-state index contributed by atoms with van der Waals surface area (Å²) >= 11 is 12.0. The molecule has 0 spiro atoms. The highest BCUT2D eigenvalue weighted by Gasteiger charge is 2.09. The molecule has 22 heavy (non-hydrogen) atoms. The number of nitrogens with zero attached hydrogens (tertiary/aromatic N) is 2. The molecule has 1 aromatic heterocycles. The van der Waals surface area contributed by atoms with E-state index >= 15 is 0 Å². The van der Waals surface area contributed by atoms with Crippen molar-refractivity contribution in [3.05, 3.63) is 64.4 Å². The Labute approximate surface area is 139 Å². The van der Waals surface area contributed by atoms with Crippen LogP contribution in [0.25, 0.3) is 10.9 Å². The minimum atomic E-state index is 0.215. The van der Waals surface area contributed by atoms with Crippen LogP contribution in [0.5, 0.6) is 0 Å². The van der Waals surface area contributed by atoms with Crippen LogP contribution in [-0.4, -0.2) is 16.0 Å². The van der Waals surface area contributed by atoms with Gasteiger partial charge in [0, 0.05) is 21.5 Å². The third-order valence-electron chi connectivity index (χ3n) is 3.41. The highest BCUT2D eigenvalue weighted by atomic mass is 35.5. The van der Waals surface area contributed by atoms with Crippen LogP contribution in [0.2, 0.25) is 10.0 Å². The SMILES string of the molecule is CC(Cc1cccc(Cl)c1)Nc1ncnc2cc(Cl)ccc12. The number of hydrogen-bond donors (Lipinski definition) is 1. The van der Waals surface area contributed by atoms with E-state index < -0.39 is 0 Å². The van der Waals surface area contributed by atoms with Crippen molar-refractivity contribution in [2.75, 3.05) is 5.32 Å². The molecule has 1 N–H and O–H groups in total. The van der Waals surface area contributed by atoms with Crippen molar-refractivity contribution < 1.29 is 0 Å². The van der Waals surface area contributed by atoms with E-state index in [-0.39, 0.29) is 6.04 Å². The van der Waals surface area contributed by atoms with Gasteiger partial charge in [-0.2, -0.15) is 0 Å². The second-order valence-corrected chi connectivity index (χ2v) is 6.14. The highest BCUT2D eigenvalue weighted by Crippen LogP contribution is 2.23. The van der Waals surface area contributed by atoms with Crippen molar-refractivity contribution in [3.8, 4) is 0 Å². The van der Waals surface area contributed by atoms with Crippen LogP contribution in [0.4, 0.5) is 5.82 Å². The normalized spacial score (nSPS) is 12.3. The molecule has 112 valence electrons. The van der Waals surface area contributed by atoms with Gasteiger partial charge in [0.05, 0.1) is 5.52 Å². The molecule has 1 heterocycles. The summed E-state index contributed by atoms with van der Waals surface area (Å²) in [5.74, 6) is 0.816. The Morgan fingerprint density at radius 3 is 2.68 bits per heavy atom. The summed E-state index contributed by atoms with van der Waals surface area (Å²) in [5, 5.41) is 5.82. The monoisotopic (exact) mass is 331 g/mol. The van der Waals surface area contributed by atoms with Gasteiger partial charge in [-0.1, -0.05) is 35.3 Å². The second kappa shape index (κ2) is 6.51. The van der Waals surface area contributed by atoms with Gasteiger partial charge in [-0.25, -0.2) is 9.97 Å². The average Bonchev–Trinajstić information content (AvgIpc) is 2.47. The number of nitrogens with one attached hydrogen (secondary N) is 1. The quantitative estimate of drug-likeness (QED) is 0.732. The lowest BCUT2D eigenvalue weighted by molar-refractivity contribution is 0.786. The van der Waals surface area contributed by atoms with Gasteiger partial charge in [-0.15, -0.1) is 0 Å². The van der Waals surface area contributed by atoms with Gasteiger partial charge in [0.25, 0.3) is 0 Å². The van der Waals surface area contributed by atoms with Gasteiger partial charge >= 0.3 is 0 Å². The van der Waals surface area contributed by atoms with Crippen molar-refractivity contribution in [1.82, 2.24) is 9.97 Å². The number of fused-ring (bicyclic) bond motifs is 1. The summed E-state index contributed by atoms with van der Waals surface area (Å²) in [4.78, 5) is 8.60. The fourth-order valence-corrected chi connectivity index (χ4v) is 2.83. The number of anilines is 1. The van der Waals surface area contributed by atoms with E-state index in [9.17, 15) is 0 Å². The molecule has 0 aliphatic rings. The van der Waals surface area contributed by atoms with Crippen molar-refractivity contribution >= 4 is 39.9 Å². The predicted octanol–water partition coefficient (Wildman–Crippen LogP) is 4.98. The van der Waals surface area contributed by atoms with Crippen LogP contribution in [0.15, 0.2) is 48.8 Å². The number of halogens is 2. The van der Waals surface area contributed by atoms with Gasteiger partial charge in [0.2, 0.25) is 0 Å². The van der Waals surface area contributed by atoms with E-state index in [1.54, 1.807) is 6.33 Å². The maximum absolute atomic E-state index is 6.03. The number of benzene rings is 2. The van der Waals surface area contributed by atoms with Crippen molar-refractivity contribution in [2.24, 2.45) is 0 Å². The summed E-state index contributed by atoms with van der Waals surface area (Å²) < 4.78 is 0. The van der Waals surface area contributed by atoms with Gasteiger partial charge in [-0.3, -0.25) is 0 Å². The Morgan fingerprint density at radius 2 is 1.86 bits per heavy atom.